The lowest BCUT2D eigenvalue weighted by molar-refractivity contribution is 0.0964. The summed E-state index contributed by atoms with van der Waals surface area (Å²) in [6.07, 6.45) is 1.88. The Morgan fingerprint density at radius 3 is 2.71 bits per heavy atom. The molecule has 2 aliphatic rings. The maximum atomic E-state index is 12.3. The molecule has 4 N–H and O–H groups in total. The molecule has 2 aliphatic heterocycles. The molecule has 1 saturated heterocycles. The van der Waals surface area contributed by atoms with E-state index in [9.17, 15) is 4.79 Å². The van der Waals surface area contributed by atoms with Crippen LogP contribution in [0.3, 0.4) is 0 Å². The number of piperidine rings is 1. The summed E-state index contributed by atoms with van der Waals surface area (Å²) >= 11 is 0. The standard InChI is InChI=1S/C22H27N5O/c1-15-5-3-6-16(13-15)14-25-21-22(9-11-24-12-10-22)27-18-8-4-7-17(19(18)26-21)20(28)23-2/h3-8,13,24,27H,9-12,14H2,1-2H3,(H,23,28)(H,25,26). The number of fused-ring (bicyclic) bond motifs is 1. The average molecular weight is 377 g/mol. The number of nitrogens with one attached hydrogen (secondary N) is 4. The summed E-state index contributed by atoms with van der Waals surface area (Å²) in [7, 11) is 1.65. The number of hydrogen-bond acceptors (Lipinski definition) is 4. The minimum absolute atomic E-state index is 0.106. The van der Waals surface area contributed by atoms with Gasteiger partial charge in [0, 0.05) is 7.05 Å². The smallest absolute Gasteiger partial charge is 0.253 e. The topological polar surface area (TPSA) is 77.5 Å². The molecule has 6 heteroatoms. The molecule has 28 heavy (non-hydrogen) atoms. The first kappa shape index (κ1) is 18.5. The summed E-state index contributed by atoms with van der Waals surface area (Å²) in [5.41, 5.74) is 4.56. The zero-order valence-corrected chi connectivity index (χ0v) is 16.4. The zero-order valence-electron chi connectivity index (χ0n) is 16.4. The number of aryl methyl sites for hydroxylation is 1. The van der Waals surface area contributed by atoms with Crippen molar-refractivity contribution < 1.29 is 4.79 Å². The van der Waals surface area contributed by atoms with Crippen LogP contribution in [0, 0.1) is 6.92 Å². The number of amides is 1. The molecule has 0 radical (unpaired) electrons. The summed E-state index contributed by atoms with van der Waals surface area (Å²) in [6, 6.07) is 14.2. The van der Waals surface area contributed by atoms with E-state index < -0.39 is 0 Å². The second-order valence-corrected chi connectivity index (χ2v) is 7.54. The first-order valence-corrected chi connectivity index (χ1v) is 9.83. The Labute approximate surface area is 165 Å². The molecule has 0 aliphatic carbocycles. The molecular formula is C22H27N5O. The van der Waals surface area contributed by atoms with Crippen LogP contribution in [0.15, 0.2) is 47.5 Å². The van der Waals surface area contributed by atoms with Gasteiger partial charge in [0.25, 0.3) is 5.91 Å². The van der Waals surface area contributed by atoms with Crippen LogP contribution in [-0.2, 0) is 6.54 Å². The van der Waals surface area contributed by atoms with Gasteiger partial charge < -0.3 is 21.3 Å². The van der Waals surface area contributed by atoms with Crippen molar-refractivity contribution in [1.82, 2.24) is 10.6 Å². The highest BCUT2D eigenvalue weighted by Crippen LogP contribution is 2.38. The third kappa shape index (κ3) is 3.47. The lowest BCUT2D eigenvalue weighted by Gasteiger charge is -2.44. The van der Waals surface area contributed by atoms with E-state index in [-0.39, 0.29) is 11.4 Å². The number of anilines is 2. The van der Waals surface area contributed by atoms with Gasteiger partial charge in [-0.3, -0.25) is 9.79 Å². The van der Waals surface area contributed by atoms with Gasteiger partial charge in [0.15, 0.2) is 0 Å². The highest BCUT2D eigenvalue weighted by Gasteiger charge is 2.41. The van der Waals surface area contributed by atoms with Crippen molar-refractivity contribution in [2.75, 3.05) is 30.8 Å². The number of para-hydroxylation sites is 1. The highest BCUT2D eigenvalue weighted by atomic mass is 16.1. The lowest BCUT2D eigenvalue weighted by atomic mass is 9.84. The first-order valence-electron chi connectivity index (χ1n) is 9.83. The maximum Gasteiger partial charge on any atom is 0.253 e. The maximum absolute atomic E-state index is 12.3. The number of rotatable bonds is 3. The molecular weight excluding hydrogens is 350 g/mol. The van der Waals surface area contributed by atoms with Gasteiger partial charge in [-0.05, 0) is 50.6 Å². The SMILES string of the molecule is CNC(=O)c1cccc2c1NC(=NCc1cccc(C)c1)C1(CCNCC1)N2. The average Bonchev–Trinajstić information content (AvgIpc) is 2.72. The Balaban J connectivity index is 1.73. The fraction of sp³-hybridized carbons (Fsp3) is 0.364. The highest BCUT2D eigenvalue weighted by molar-refractivity contribution is 6.14. The molecule has 0 atom stereocenters. The van der Waals surface area contributed by atoms with Gasteiger partial charge in [-0.25, -0.2) is 0 Å². The number of nitrogens with zero attached hydrogens (tertiary/aromatic N) is 1. The van der Waals surface area contributed by atoms with Crippen molar-refractivity contribution in [2.45, 2.75) is 31.8 Å². The van der Waals surface area contributed by atoms with Crippen molar-refractivity contribution in [1.29, 1.82) is 0 Å². The van der Waals surface area contributed by atoms with Crippen molar-refractivity contribution in [3.05, 3.63) is 59.2 Å². The fourth-order valence-corrected chi connectivity index (χ4v) is 4.06. The molecule has 1 fully saturated rings. The van der Waals surface area contributed by atoms with Gasteiger partial charge >= 0.3 is 0 Å². The lowest BCUT2D eigenvalue weighted by Crippen LogP contribution is -2.58. The van der Waals surface area contributed by atoms with E-state index >= 15 is 0 Å². The van der Waals surface area contributed by atoms with E-state index in [0.29, 0.717) is 12.1 Å². The van der Waals surface area contributed by atoms with Crippen LogP contribution in [0.2, 0.25) is 0 Å². The van der Waals surface area contributed by atoms with Gasteiger partial charge in [-0.2, -0.15) is 0 Å². The number of carbonyl (C=O) groups is 1. The van der Waals surface area contributed by atoms with Crippen molar-refractivity contribution in [3.63, 3.8) is 0 Å². The molecule has 1 spiro atoms. The van der Waals surface area contributed by atoms with Crippen LogP contribution in [0.25, 0.3) is 0 Å². The van der Waals surface area contributed by atoms with Crippen LogP contribution in [0.5, 0.6) is 0 Å². The molecule has 0 saturated carbocycles. The van der Waals surface area contributed by atoms with Gasteiger partial charge in [0.05, 0.1) is 29.0 Å². The minimum atomic E-state index is -0.233. The van der Waals surface area contributed by atoms with Crippen LogP contribution in [0.1, 0.15) is 34.3 Å². The summed E-state index contributed by atoms with van der Waals surface area (Å²) in [5.74, 6) is 0.810. The van der Waals surface area contributed by atoms with E-state index in [1.165, 1.54) is 11.1 Å². The van der Waals surface area contributed by atoms with Crippen LogP contribution < -0.4 is 21.3 Å². The van der Waals surface area contributed by atoms with Crippen LogP contribution in [-0.4, -0.2) is 37.4 Å². The second kappa shape index (κ2) is 7.64. The summed E-state index contributed by atoms with van der Waals surface area (Å²) in [5, 5.41) is 13.4. The quantitative estimate of drug-likeness (QED) is 0.663. The van der Waals surface area contributed by atoms with E-state index in [1.807, 2.05) is 18.2 Å². The van der Waals surface area contributed by atoms with Crippen molar-refractivity contribution >= 4 is 23.1 Å². The normalized spacial score (nSPS) is 18.9. The molecule has 4 rings (SSSR count). The number of aliphatic imine (C=N–C) groups is 1. The van der Waals surface area contributed by atoms with Crippen molar-refractivity contribution in [3.8, 4) is 0 Å². The number of amidine groups is 1. The predicted molar refractivity (Wildman–Crippen MR) is 114 cm³/mol. The van der Waals surface area contributed by atoms with Crippen molar-refractivity contribution in [2.24, 2.45) is 4.99 Å². The second-order valence-electron chi connectivity index (χ2n) is 7.54. The molecule has 0 bridgehead atoms. The summed E-state index contributed by atoms with van der Waals surface area (Å²) in [4.78, 5) is 17.3. The predicted octanol–water partition coefficient (Wildman–Crippen LogP) is 2.91. The Hall–Kier alpha value is -2.86. The zero-order chi connectivity index (χ0) is 19.6. The Morgan fingerprint density at radius 2 is 1.96 bits per heavy atom. The largest absolute Gasteiger partial charge is 0.371 e. The molecule has 1 amide bonds. The van der Waals surface area contributed by atoms with E-state index in [0.717, 1.165) is 43.1 Å². The summed E-state index contributed by atoms with van der Waals surface area (Å²) in [6.45, 7) is 4.57. The minimum Gasteiger partial charge on any atom is -0.371 e. The molecule has 6 nitrogen and oxygen atoms in total. The summed E-state index contributed by atoms with van der Waals surface area (Å²) < 4.78 is 0. The number of carbonyl (C=O) groups excluding carboxylic acids is 1. The van der Waals surface area contributed by atoms with Gasteiger partial charge in [-0.15, -0.1) is 0 Å². The Kier molecular flexibility index (Phi) is 5.05. The molecule has 2 heterocycles. The van der Waals surface area contributed by atoms with Crippen LogP contribution >= 0.6 is 0 Å². The number of benzene rings is 2. The first-order chi connectivity index (χ1) is 13.6. The molecule has 2 aromatic carbocycles. The molecule has 2 aromatic rings. The van der Waals surface area contributed by atoms with Crippen LogP contribution in [0.4, 0.5) is 11.4 Å². The van der Waals surface area contributed by atoms with E-state index in [4.69, 9.17) is 4.99 Å². The van der Waals surface area contributed by atoms with Gasteiger partial charge in [0.2, 0.25) is 0 Å². The third-order valence-electron chi connectivity index (χ3n) is 5.57. The fourth-order valence-electron chi connectivity index (χ4n) is 4.06. The molecule has 0 unspecified atom stereocenters. The van der Waals surface area contributed by atoms with Gasteiger partial charge in [0.1, 0.15) is 5.84 Å². The monoisotopic (exact) mass is 377 g/mol. The molecule has 146 valence electrons. The Morgan fingerprint density at radius 1 is 1.18 bits per heavy atom. The van der Waals surface area contributed by atoms with E-state index in [2.05, 4.69) is 52.5 Å². The number of hydrogen-bond donors (Lipinski definition) is 4. The van der Waals surface area contributed by atoms with Gasteiger partial charge in [-0.1, -0.05) is 35.9 Å². The molecule has 0 aromatic heterocycles. The Bertz CT molecular complexity index is 915. The third-order valence-corrected chi connectivity index (χ3v) is 5.57. The van der Waals surface area contributed by atoms with E-state index in [1.54, 1.807) is 7.05 Å².